The summed E-state index contributed by atoms with van der Waals surface area (Å²) in [6, 6.07) is 8.49. The fourth-order valence-electron chi connectivity index (χ4n) is 1.06. The molecule has 67 valence electrons. The molecule has 0 saturated heterocycles. The molecule has 1 heterocycles. The molecule has 0 aromatic heterocycles. The summed E-state index contributed by atoms with van der Waals surface area (Å²) in [7, 11) is 0. The van der Waals surface area contributed by atoms with Gasteiger partial charge in [0, 0.05) is 10.6 Å². The number of hydrogen-bond acceptors (Lipinski definition) is 3. The van der Waals surface area contributed by atoms with Gasteiger partial charge in [-0.05, 0) is 11.6 Å². The van der Waals surface area contributed by atoms with Crippen LogP contribution >= 0.6 is 11.8 Å². The summed E-state index contributed by atoms with van der Waals surface area (Å²) in [6.07, 6.45) is 4.39. The second-order valence-corrected chi connectivity index (χ2v) is 3.43. The van der Waals surface area contributed by atoms with Crippen molar-refractivity contribution < 1.29 is 10.0 Å². The summed E-state index contributed by atoms with van der Waals surface area (Å²) in [4.78, 5) is 1.41. The Morgan fingerprint density at radius 3 is 2.62 bits per heavy atom. The zero-order chi connectivity index (χ0) is 9.52. The van der Waals surface area contributed by atoms with E-state index in [0.717, 1.165) is 5.75 Å². The van der Waals surface area contributed by atoms with E-state index in [2.05, 4.69) is 36.4 Å². The molecule has 2 rings (SSSR count). The molecule has 1 aliphatic rings. The van der Waals surface area contributed by atoms with Crippen LogP contribution in [0.15, 0.2) is 35.2 Å². The first-order valence-electron chi connectivity index (χ1n) is 3.87. The van der Waals surface area contributed by atoms with Gasteiger partial charge in [-0.3, -0.25) is 0 Å². The van der Waals surface area contributed by atoms with Crippen molar-refractivity contribution in [2.75, 3.05) is 5.75 Å². The molecular formula is C9H10BO2S. The molecule has 2 N–H and O–H groups in total. The van der Waals surface area contributed by atoms with Gasteiger partial charge in [0.1, 0.15) is 0 Å². The minimum atomic E-state index is 0. The van der Waals surface area contributed by atoms with E-state index >= 15 is 0 Å². The highest BCUT2D eigenvalue weighted by Gasteiger charge is 2.00. The molecule has 0 saturated carbocycles. The summed E-state index contributed by atoms with van der Waals surface area (Å²) in [5, 5.41) is 14.0. The molecular weight excluding hydrogens is 183 g/mol. The summed E-state index contributed by atoms with van der Waals surface area (Å²) in [5.41, 5.74) is 1.36. The van der Waals surface area contributed by atoms with Gasteiger partial charge in [0.2, 0.25) is 0 Å². The summed E-state index contributed by atoms with van der Waals surface area (Å²) < 4.78 is 0. The summed E-state index contributed by atoms with van der Waals surface area (Å²) >= 11 is 1.90. The molecule has 0 fully saturated rings. The van der Waals surface area contributed by atoms with Crippen LogP contribution < -0.4 is 0 Å². The van der Waals surface area contributed by atoms with E-state index in [0.29, 0.717) is 0 Å². The van der Waals surface area contributed by atoms with Crippen molar-refractivity contribution in [1.82, 2.24) is 0 Å². The highest BCUT2D eigenvalue weighted by atomic mass is 32.2. The normalized spacial score (nSPS) is 12.5. The number of benzene rings is 1. The zero-order valence-electron chi connectivity index (χ0n) is 7.05. The van der Waals surface area contributed by atoms with Gasteiger partial charge in [-0.1, -0.05) is 30.4 Å². The lowest BCUT2D eigenvalue weighted by molar-refractivity contribution is 0.448. The molecule has 13 heavy (non-hydrogen) atoms. The summed E-state index contributed by atoms with van der Waals surface area (Å²) in [5.74, 6) is 1.12. The van der Waals surface area contributed by atoms with Crippen molar-refractivity contribution in [1.29, 1.82) is 0 Å². The first kappa shape index (κ1) is 10.4. The van der Waals surface area contributed by atoms with E-state index in [1.165, 1.54) is 10.5 Å². The zero-order valence-corrected chi connectivity index (χ0v) is 7.87. The molecule has 1 aromatic rings. The van der Waals surface area contributed by atoms with E-state index in [1.54, 1.807) is 0 Å². The first-order chi connectivity index (χ1) is 6.38. The van der Waals surface area contributed by atoms with Crippen LogP contribution in [0.3, 0.4) is 0 Å². The second kappa shape index (κ2) is 5.86. The molecule has 0 aliphatic carbocycles. The Hall–Kier alpha value is -0.705. The molecule has 0 bridgehead atoms. The lowest BCUT2D eigenvalue weighted by atomic mass is 10.2. The van der Waals surface area contributed by atoms with E-state index < -0.39 is 0 Å². The third-order valence-electron chi connectivity index (χ3n) is 1.55. The number of hydrogen-bond donors (Lipinski definition) is 2. The van der Waals surface area contributed by atoms with Crippen LogP contribution in [0.5, 0.6) is 0 Å². The van der Waals surface area contributed by atoms with E-state index in [4.69, 9.17) is 10.0 Å². The van der Waals surface area contributed by atoms with Crippen molar-refractivity contribution in [2.45, 2.75) is 4.90 Å². The predicted octanol–water partition coefficient (Wildman–Crippen LogP) is 1.31. The number of thioether (sulfide) groups is 1. The summed E-state index contributed by atoms with van der Waals surface area (Å²) in [6.45, 7) is 0. The Bertz CT molecular complexity index is 289. The molecule has 2 nitrogen and oxygen atoms in total. The van der Waals surface area contributed by atoms with Gasteiger partial charge >= 0.3 is 7.69 Å². The Morgan fingerprint density at radius 1 is 1.23 bits per heavy atom. The molecule has 1 radical (unpaired) electrons. The third-order valence-corrected chi connectivity index (χ3v) is 2.59. The fraction of sp³-hybridized carbons (Fsp3) is 0.111. The SMILES string of the molecule is C1=Cc2ccccc2SC1.O[B]O. The lowest BCUT2D eigenvalue weighted by Crippen LogP contribution is -1.84. The van der Waals surface area contributed by atoms with Gasteiger partial charge in [0.15, 0.2) is 0 Å². The fourth-order valence-corrected chi connectivity index (χ4v) is 1.91. The van der Waals surface area contributed by atoms with Crippen LogP contribution in [0.25, 0.3) is 6.08 Å². The van der Waals surface area contributed by atoms with Gasteiger partial charge < -0.3 is 10.0 Å². The molecule has 4 heteroatoms. The largest absolute Gasteiger partial charge is 0.482 e. The Labute approximate surface area is 82.6 Å². The van der Waals surface area contributed by atoms with E-state index in [1.807, 2.05) is 11.8 Å². The Kier molecular flexibility index (Phi) is 4.68. The average molecular weight is 193 g/mol. The number of rotatable bonds is 0. The monoisotopic (exact) mass is 193 g/mol. The molecule has 0 amide bonds. The first-order valence-corrected chi connectivity index (χ1v) is 4.85. The van der Waals surface area contributed by atoms with Crippen molar-refractivity contribution >= 4 is 25.5 Å². The molecule has 1 aromatic carbocycles. The minimum absolute atomic E-state index is 0. The molecule has 1 aliphatic heterocycles. The third kappa shape index (κ3) is 3.26. The van der Waals surface area contributed by atoms with E-state index in [9.17, 15) is 0 Å². The Morgan fingerprint density at radius 2 is 1.92 bits per heavy atom. The standard InChI is InChI=1S/C9H8S.BH2O2/c1-2-6-9-8(4-1)5-3-7-10-9;2-1-3/h1-6H,7H2;2-3H. The highest BCUT2D eigenvalue weighted by molar-refractivity contribution is 7.99. The van der Waals surface area contributed by atoms with Crippen molar-refractivity contribution in [3.63, 3.8) is 0 Å². The molecule has 0 atom stereocenters. The van der Waals surface area contributed by atoms with Gasteiger partial charge in [0.25, 0.3) is 0 Å². The lowest BCUT2D eigenvalue weighted by Gasteiger charge is -2.07. The van der Waals surface area contributed by atoms with Gasteiger partial charge in [-0.25, -0.2) is 0 Å². The predicted molar refractivity (Wildman–Crippen MR) is 56.4 cm³/mol. The quantitative estimate of drug-likeness (QED) is 0.610. The van der Waals surface area contributed by atoms with Gasteiger partial charge in [-0.15, -0.1) is 11.8 Å². The maximum Gasteiger partial charge on any atom is 0.482 e. The van der Waals surface area contributed by atoms with E-state index in [-0.39, 0.29) is 7.69 Å². The average Bonchev–Trinajstić information content (AvgIpc) is 2.19. The van der Waals surface area contributed by atoms with Crippen LogP contribution in [-0.4, -0.2) is 23.5 Å². The maximum absolute atomic E-state index is 7.00. The van der Waals surface area contributed by atoms with Crippen LogP contribution in [0, 0.1) is 0 Å². The maximum atomic E-state index is 7.00. The van der Waals surface area contributed by atoms with Crippen molar-refractivity contribution in [3.05, 3.63) is 35.9 Å². The van der Waals surface area contributed by atoms with Crippen LogP contribution in [0.4, 0.5) is 0 Å². The second-order valence-electron chi connectivity index (χ2n) is 2.37. The molecule has 0 spiro atoms. The van der Waals surface area contributed by atoms with Crippen LogP contribution in [0.2, 0.25) is 0 Å². The van der Waals surface area contributed by atoms with Crippen LogP contribution in [0.1, 0.15) is 5.56 Å². The smallest absolute Gasteiger partial charge is 0.429 e. The highest BCUT2D eigenvalue weighted by Crippen LogP contribution is 2.27. The Balaban J connectivity index is 0.000000251. The van der Waals surface area contributed by atoms with Gasteiger partial charge in [-0.2, -0.15) is 0 Å². The van der Waals surface area contributed by atoms with Crippen LogP contribution in [-0.2, 0) is 0 Å². The topological polar surface area (TPSA) is 40.5 Å². The number of fused-ring (bicyclic) bond motifs is 1. The van der Waals surface area contributed by atoms with Crippen molar-refractivity contribution in [2.24, 2.45) is 0 Å². The van der Waals surface area contributed by atoms with Crippen molar-refractivity contribution in [3.8, 4) is 0 Å². The molecule has 0 unspecified atom stereocenters. The minimum Gasteiger partial charge on any atom is -0.429 e. The van der Waals surface area contributed by atoms with Gasteiger partial charge in [0.05, 0.1) is 0 Å².